The minimum atomic E-state index is -1.11. The number of nitrogens with zero attached hydrogens (tertiary/aromatic N) is 2. The monoisotopic (exact) mass is 282 g/mol. The smallest absolute Gasteiger partial charge is 0.238 e. The molecule has 0 aliphatic rings. The van der Waals surface area contributed by atoms with E-state index in [9.17, 15) is 8.78 Å². The molecule has 0 atom stereocenters. The lowest BCUT2D eigenvalue weighted by Crippen LogP contribution is -1.96. The van der Waals surface area contributed by atoms with E-state index in [4.69, 9.17) is 10.00 Å². The van der Waals surface area contributed by atoms with Gasteiger partial charge in [-0.15, -0.1) is 0 Å². The highest BCUT2D eigenvalue weighted by atomic mass is 19.2. The van der Waals surface area contributed by atoms with Gasteiger partial charge in [0.1, 0.15) is 11.6 Å². The maximum atomic E-state index is 13.6. The van der Waals surface area contributed by atoms with Gasteiger partial charge in [-0.05, 0) is 24.3 Å². The van der Waals surface area contributed by atoms with E-state index in [1.165, 1.54) is 12.1 Å². The number of pyridine rings is 1. The van der Waals surface area contributed by atoms with Gasteiger partial charge < -0.3 is 4.74 Å². The topological polar surface area (TPSA) is 45.9 Å². The van der Waals surface area contributed by atoms with Gasteiger partial charge in [-0.3, -0.25) is 0 Å². The Morgan fingerprint density at radius 1 is 1.05 bits per heavy atom. The molecule has 3 rings (SSSR count). The minimum absolute atomic E-state index is 0.0549. The number of ether oxygens (including phenoxy) is 1. The molecule has 0 spiro atoms. The van der Waals surface area contributed by atoms with Crippen LogP contribution in [0.3, 0.4) is 0 Å². The fourth-order valence-corrected chi connectivity index (χ4v) is 1.92. The van der Waals surface area contributed by atoms with E-state index >= 15 is 0 Å². The van der Waals surface area contributed by atoms with Crippen molar-refractivity contribution in [3.8, 4) is 17.7 Å². The number of hydrogen-bond acceptors (Lipinski definition) is 3. The van der Waals surface area contributed by atoms with E-state index in [-0.39, 0.29) is 17.2 Å². The molecule has 1 heterocycles. The molecule has 0 saturated heterocycles. The second-order valence-corrected chi connectivity index (χ2v) is 4.30. The molecule has 3 nitrogen and oxygen atoms in total. The number of rotatable bonds is 2. The van der Waals surface area contributed by atoms with Crippen molar-refractivity contribution in [3.05, 3.63) is 65.7 Å². The number of aromatic nitrogens is 1. The van der Waals surface area contributed by atoms with Crippen molar-refractivity contribution in [2.24, 2.45) is 0 Å². The standard InChI is InChI=1S/C16H8F2N2O/c17-12-5-3-7-14(15(12)18)21-16-11(9-19)8-10-4-1-2-6-13(10)20-16/h1-8H. The third-order valence-corrected chi connectivity index (χ3v) is 2.93. The summed E-state index contributed by atoms with van der Waals surface area (Å²) < 4.78 is 32.1. The van der Waals surface area contributed by atoms with Crippen LogP contribution < -0.4 is 4.74 Å². The zero-order chi connectivity index (χ0) is 14.8. The van der Waals surface area contributed by atoms with Gasteiger partial charge in [0, 0.05) is 5.39 Å². The summed E-state index contributed by atoms with van der Waals surface area (Å²) in [7, 11) is 0. The van der Waals surface area contributed by atoms with Crippen LogP contribution in [0.15, 0.2) is 48.5 Å². The molecule has 3 aromatic rings. The minimum Gasteiger partial charge on any atom is -0.434 e. The third kappa shape index (κ3) is 2.39. The molecule has 0 amide bonds. The predicted octanol–water partition coefficient (Wildman–Crippen LogP) is 4.18. The highest BCUT2D eigenvalue weighted by Crippen LogP contribution is 2.28. The fraction of sp³-hybridized carbons (Fsp3) is 0. The lowest BCUT2D eigenvalue weighted by molar-refractivity contribution is 0.406. The van der Waals surface area contributed by atoms with Crippen molar-refractivity contribution in [2.45, 2.75) is 0 Å². The summed E-state index contributed by atoms with van der Waals surface area (Å²) in [6.45, 7) is 0. The van der Waals surface area contributed by atoms with Crippen LogP contribution in [0, 0.1) is 23.0 Å². The van der Waals surface area contributed by atoms with E-state index in [1.54, 1.807) is 24.3 Å². The summed E-state index contributed by atoms with van der Waals surface area (Å²) in [6, 6.07) is 14.3. The Balaban J connectivity index is 2.11. The number of halogens is 2. The Hall–Kier alpha value is -3.00. The molecular formula is C16H8F2N2O. The molecule has 0 fully saturated rings. The van der Waals surface area contributed by atoms with Crippen LogP contribution in [0.4, 0.5) is 8.78 Å². The summed E-state index contributed by atoms with van der Waals surface area (Å²) in [5.41, 5.74) is 0.751. The van der Waals surface area contributed by atoms with E-state index in [2.05, 4.69) is 4.98 Å². The van der Waals surface area contributed by atoms with Crippen molar-refractivity contribution >= 4 is 10.9 Å². The lowest BCUT2D eigenvalue weighted by Gasteiger charge is -2.08. The Labute approximate surface area is 119 Å². The Kier molecular flexibility index (Phi) is 3.20. The molecule has 5 heteroatoms. The lowest BCUT2D eigenvalue weighted by atomic mass is 10.1. The maximum Gasteiger partial charge on any atom is 0.238 e. The van der Waals surface area contributed by atoms with Crippen molar-refractivity contribution in [1.29, 1.82) is 5.26 Å². The number of fused-ring (bicyclic) bond motifs is 1. The van der Waals surface area contributed by atoms with E-state index < -0.39 is 11.6 Å². The van der Waals surface area contributed by atoms with Crippen LogP contribution >= 0.6 is 0 Å². The van der Waals surface area contributed by atoms with Crippen LogP contribution in [0.5, 0.6) is 11.6 Å². The van der Waals surface area contributed by atoms with Crippen molar-refractivity contribution in [3.63, 3.8) is 0 Å². The second kappa shape index (κ2) is 5.17. The van der Waals surface area contributed by atoms with Crippen LogP contribution in [0.1, 0.15) is 5.56 Å². The number of hydrogen-bond donors (Lipinski definition) is 0. The average Bonchev–Trinajstić information content (AvgIpc) is 2.51. The van der Waals surface area contributed by atoms with Crippen LogP contribution in [0.25, 0.3) is 10.9 Å². The SMILES string of the molecule is N#Cc1cc2ccccc2nc1Oc1cccc(F)c1F. The number of benzene rings is 2. The molecule has 0 N–H and O–H groups in total. The molecule has 0 unspecified atom stereocenters. The van der Waals surface area contributed by atoms with Gasteiger partial charge in [-0.2, -0.15) is 9.65 Å². The molecule has 1 aromatic heterocycles. The predicted molar refractivity (Wildman–Crippen MR) is 72.9 cm³/mol. The van der Waals surface area contributed by atoms with Gasteiger partial charge in [0.05, 0.1) is 5.52 Å². The molecule has 0 aliphatic heterocycles. The molecule has 0 bridgehead atoms. The first-order chi connectivity index (χ1) is 10.2. The molecule has 0 aliphatic carbocycles. The average molecular weight is 282 g/mol. The van der Waals surface area contributed by atoms with Gasteiger partial charge in [0.15, 0.2) is 11.6 Å². The molecule has 2 aromatic carbocycles. The van der Waals surface area contributed by atoms with Gasteiger partial charge in [0.25, 0.3) is 0 Å². The normalized spacial score (nSPS) is 10.3. The van der Waals surface area contributed by atoms with Gasteiger partial charge in [0.2, 0.25) is 11.7 Å². The molecule has 0 radical (unpaired) electrons. The zero-order valence-corrected chi connectivity index (χ0v) is 10.7. The number of nitriles is 1. The Morgan fingerprint density at radius 2 is 1.86 bits per heavy atom. The highest BCUT2D eigenvalue weighted by molar-refractivity contribution is 5.81. The quantitative estimate of drug-likeness (QED) is 0.708. The molecular weight excluding hydrogens is 274 g/mol. The maximum absolute atomic E-state index is 13.6. The first-order valence-corrected chi connectivity index (χ1v) is 6.11. The van der Waals surface area contributed by atoms with Crippen LogP contribution in [-0.4, -0.2) is 4.98 Å². The van der Waals surface area contributed by atoms with Gasteiger partial charge in [-0.25, -0.2) is 9.37 Å². The van der Waals surface area contributed by atoms with Crippen molar-refractivity contribution in [2.75, 3.05) is 0 Å². The van der Waals surface area contributed by atoms with Crippen molar-refractivity contribution < 1.29 is 13.5 Å². The summed E-state index contributed by atoms with van der Waals surface area (Å²) >= 11 is 0. The molecule has 0 saturated carbocycles. The van der Waals surface area contributed by atoms with E-state index in [1.807, 2.05) is 12.1 Å². The third-order valence-electron chi connectivity index (χ3n) is 2.93. The Bertz CT molecular complexity index is 872. The van der Waals surface area contributed by atoms with Crippen molar-refractivity contribution in [1.82, 2.24) is 4.98 Å². The highest BCUT2D eigenvalue weighted by Gasteiger charge is 2.14. The summed E-state index contributed by atoms with van der Waals surface area (Å²) in [6.07, 6.45) is 0. The van der Waals surface area contributed by atoms with Gasteiger partial charge in [-0.1, -0.05) is 24.3 Å². The zero-order valence-electron chi connectivity index (χ0n) is 10.7. The fourth-order valence-electron chi connectivity index (χ4n) is 1.92. The Morgan fingerprint density at radius 3 is 2.67 bits per heavy atom. The summed E-state index contributed by atoms with van der Waals surface area (Å²) in [5.74, 6) is -2.50. The first-order valence-electron chi connectivity index (χ1n) is 6.11. The number of para-hydroxylation sites is 1. The molecule has 21 heavy (non-hydrogen) atoms. The first kappa shape index (κ1) is 13.0. The summed E-state index contributed by atoms with van der Waals surface area (Å²) in [5, 5.41) is 9.91. The van der Waals surface area contributed by atoms with Gasteiger partial charge >= 0.3 is 0 Å². The van der Waals surface area contributed by atoms with Crippen LogP contribution in [0.2, 0.25) is 0 Å². The van der Waals surface area contributed by atoms with E-state index in [0.29, 0.717) is 5.52 Å². The largest absolute Gasteiger partial charge is 0.434 e. The second-order valence-electron chi connectivity index (χ2n) is 4.30. The van der Waals surface area contributed by atoms with Crippen LogP contribution in [-0.2, 0) is 0 Å². The summed E-state index contributed by atoms with van der Waals surface area (Å²) in [4.78, 5) is 4.18. The molecule has 102 valence electrons. The van der Waals surface area contributed by atoms with E-state index in [0.717, 1.165) is 11.5 Å².